The van der Waals surface area contributed by atoms with E-state index in [1.165, 1.54) is 0 Å². The second-order valence-electron chi connectivity index (χ2n) is 5.78. The van der Waals surface area contributed by atoms with E-state index in [9.17, 15) is 4.79 Å². The van der Waals surface area contributed by atoms with E-state index >= 15 is 0 Å². The van der Waals surface area contributed by atoms with Crippen LogP contribution < -0.4 is 5.32 Å². The fourth-order valence-corrected chi connectivity index (χ4v) is 1.63. The molecule has 1 aromatic rings. The molecule has 0 saturated heterocycles. The lowest BCUT2D eigenvalue weighted by Gasteiger charge is -2.21. The number of urea groups is 1. The van der Waals surface area contributed by atoms with Gasteiger partial charge in [0, 0.05) is 19.3 Å². The summed E-state index contributed by atoms with van der Waals surface area (Å²) < 4.78 is 0. The topological polar surface area (TPSA) is 52.6 Å². The number of carbonyl (C=O) groups is 1. The zero-order chi connectivity index (χ0) is 15.0. The van der Waals surface area contributed by atoms with E-state index in [0.29, 0.717) is 13.1 Å². The molecule has 0 radical (unpaired) electrons. The number of allylic oxidation sites excluding steroid dienone is 1. The minimum atomic E-state index is -0.205. The lowest BCUT2D eigenvalue weighted by atomic mass is 9.97. The number of nitrogens with zero attached hydrogens (tertiary/aromatic N) is 1. The number of nitrogens with one attached hydrogen (secondary N) is 1. The minimum absolute atomic E-state index is 0.0223. The van der Waals surface area contributed by atoms with Crippen LogP contribution in [0.25, 0.3) is 0 Å². The van der Waals surface area contributed by atoms with Crippen molar-refractivity contribution >= 4 is 6.03 Å². The lowest BCUT2D eigenvalue weighted by Crippen LogP contribution is -2.39. The van der Waals surface area contributed by atoms with Crippen LogP contribution in [-0.2, 0) is 6.54 Å². The Morgan fingerprint density at radius 1 is 1.30 bits per heavy atom. The standard InChI is InChI=1S/C16H24N2O2/c1-16(2,3)9-10-17-15(20)18(11-12-19)13-14-7-5-4-6-8-14/h4-10,19H,11-13H2,1-3H3,(H,17,20)/b10-9+. The van der Waals surface area contributed by atoms with Gasteiger partial charge in [0.05, 0.1) is 6.61 Å². The van der Waals surface area contributed by atoms with Crippen molar-refractivity contribution < 1.29 is 9.90 Å². The molecular weight excluding hydrogens is 252 g/mol. The first-order chi connectivity index (χ1) is 9.42. The van der Waals surface area contributed by atoms with E-state index < -0.39 is 0 Å². The third-order valence-corrected chi connectivity index (χ3v) is 2.66. The van der Waals surface area contributed by atoms with Gasteiger partial charge in [0.15, 0.2) is 0 Å². The number of rotatable bonds is 5. The highest BCUT2D eigenvalue weighted by Crippen LogP contribution is 2.13. The first-order valence-electron chi connectivity index (χ1n) is 6.80. The average Bonchev–Trinajstić information content (AvgIpc) is 2.38. The molecule has 0 aromatic heterocycles. The maximum atomic E-state index is 12.1. The quantitative estimate of drug-likeness (QED) is 0.869. The molecular formula is C16H24N2O2. The smallest absolute Gasteiger partial charge is 0.321 e. The Morgan fingerprint density at radius 2 is 1.95 bits per heavy atom. The molecule has 0 aliphatic heterocycles. The first kappa shape index (κ1) is 16.2. The number of benzene rings is 1. The average molecular weight is 276 g/mol. The van der Waals surface area contributed by atoms with Gasteiger partial charge in [-0.15, -0.1) is 0 Å². The molecule has 2 N–H and O–H groups in total. The first-order valence-corrected chi connectivity index (χ1v) is 6.80. The van der Waals surface area contributed by atoms with E-state index in [-0.39, 0.29) is 18.1 Å². The van der Waals surface area contributed by atoms with Gasteiger partial charge in [-0.3, -0.25) is 0 Å². The van der Waals surface area contributed by atoms with Gasteiger partial charge in [0.1, 0.15) is 0 Å². The van der Waals surface area contributed by atoms with Gasteiger partial charge >= 0.3 is 6.03 Å². The third-order valence-electron chi connectivity index (χ3n) is 2.66. The molecule has 0 heterocycles. The normalized spacial score (nSPS) is 11.6. The van der Waals surface area contributed by atoms with Crippen molar-refractivity contribution in [2.45, 2.75) is 27.3 Å². The molecule has 1 rings (SSSR count). The predicted molar refractivity (Wildman–Crippen MR) is 81.1 cm³/mol. The number of hydrogen-bond acceptors (Lipinski definition) is 2. The van der Waals surface area contributed by atoms with Crippen LogP contribution in [-0.4, -0.2) is 29.2 Å². The zero-order valence-electron chi connectivity index (χ0n) is 12.5. The van der Waals surface area contributed by atoms with E-state index in [2.05, 4.69) is 26.1 Å². The van der Waals surface area contributed by atoms with E-state index in [1.54, 1.807) is 11.1 Å². The summed E-state index contributed by atoms with van der Waals surface area (Å²) in [5.74, 6) is 0. The van der Waals surface area contributed by atoms with Crippen LogP contribution in [0, 0.1) is 5.41 Å². The third kappa shape index (κ3) is 6.38. The molecule has 0 spiro atoms. The highest BCUT2D eigenvalue weighted by atomic mass is 16.3. The minimum Gasteiger partial charge on any atom is -0.395 e. The van der Waals surface area contributed by atoms with Crippen molar-refractivity contribution in [1.29, 1.82) is 0 Å². The van der Waals surface area contributed by atoms with Crippen LogP contribution in [0.2, 0.25) is 0 Å². The van der Waals surface area contributed by atoms with Crippen molar-refractivity contribution in [2.24, 2.45) is 5.41 Å². The van der Waals surface area contributed by atoms with Crippen molar-refractivity contribution in [3.05, 3.63) is 48.2 Å². The highest BCUT2D eigenvalue weighted by molar-refractivity contribution is 5.75. The van der Waals surface area contributed by atoms with Crippen LogP contribution in [0.5, 0.6) is 0 Å². The molecule has 0 bridgehead atoms. The van der Waals surface area contributed by atoms with Gasteiger partial charge in [-0.2, -0.15) is 0 Å². The Labute approximate surface area is 121 Å². The summed E-state index contributed by atoms with van der Waals surface area (Å²) in [5, 5.41) is 11.8. The fraction of sp³-hybridized carbons (Fsp3) is 0.438. The number of hydrogen-bond donors (Lipinski definition) is 2. The Morgan fingerprint density at radius 3 is 2.50 bits per heavy atom. The molecule has 1 aromatic carbocycles. The zero-order valence-corrected chi connectivity index (χ0v) is 12.5. The Hall–Kier alpha value is -1.81. The maximum Gasteiger partial charge on any atom is 0.321 e. The van der Waals surface area contributed by atoms with Crippen molar-refractivity contribution in [3.8, 4) is 0 Å². The van der Waals surface area contributed by atoms with E-state index in [0.717, 1.165) is 5.56 Å². The van der Waals surface area contributed by atoms with E-state index in [1.807, 2.05) is 36.4 Å². The fourth-order valence-electron chi connectivity index (χ4n) is 1.63. The summed E-state index contributed by atoms with van der Waals surface area (Å²) in [6, 6.07) is 9.52. The van der Waals surface area contributed by atoms with Gasteiger partial charge in [-0.05, 0) is 11.0 Å². The second kappa shape index (κ2) is 7.70. The molecule has 0 aliphatic rings. The summed E-state index contributed by atoms with van der Waals surface area (Å²) in [7, 11) is 0. The lowest BCUT2D eigenvalue weighted by molar-refractivity contribution is 0.177. The highest BCUT2D eigenvalue weighted by Gasteiger charge is 2.12. The molecule has 4 heteroatoms. The Bertz CT molecular complexity index is 436. The summed E-state index contributed by atoms with van der Waals surface area (Å²) in [4.78, 5) is 13.7. The summed E-state index contributed by atoms with van der Waals surface area (Å²) in [6.45, 7) is 6.92. The van der Waals surface area contributed by atoms with Crippen LogP contribution in [0.15, 0.2) is 42.6 Å². The predicted octanol–water partition coefficient (Wildman–Crippen LogP) is 2.75. The van der Waals surface area contributed by atoms with Gasteiger partial charge in [0.25, 0.3) is 0 Å². The van der Waals surface area contributed by atoms with Crippen LogP contribution in [0.4, 0.5) is 4.79 Å². The second-order valence-corrected chi connectivity index (χ2v) is 5.78. The van der Waals surface area contributed by atoms with Gasteiger partial charge in [-0.1, -0.05) is 57.2 Å². The van der Waals surface area contributed by atoms with Crippen molar-refractivity contribution in [2.75, 3.05) is 13.2 Å². The van der Waals surface area contributed by atoms with Crippen LogP contribution in [0.1, 0.15) is 26.3 Å². The number of aliphatic hydroxyl groups excluding tert-OH is 1. The molecule has 0 atom stereocenters. The maximum absolute atomic E-state index is 12.1. The largest absolute Gasteiger partial charge is 0.395 e. The monoisotopic (exact) mass is 276 g/mol. The van der Waals surface area contributed by atoms with E-state index in [4.69, 9.17) is 5.11 Å². The molecule has 20 heavy (non-hydrogen) atoms. The Balaban J connectivity index is 2.61. The van der Waals surface area contributed by atoms with Crippen LogP contribution in [0.3, 0.4) is 0 Å². The molecule has 0 unspecified atom stereocenters. The number of carbonyl (C=O) groups excluding carboxylic acids is 1. The summed E-state index contributed by atoms with van der Waals surface area (Å²) in [6.07, 6.45) is 3.60. The summed E-state index contributed by atoms with van der Waals surface area (Å²) in [5.41, 5.74) is 1.06. The van der Waals surface area contributed by atoms with Gasteiger partial charge in [0.2, 0.25) is 0 Å². The summed E-state index contributed by atoms with van der Waals surface area (Å²) >= 11 is 0. The van der Waals surface area contributed by atoms with Crippen molar-refractivity contribution in [3.63, 3.8) is 0 Å². The van der Waals surface area contributed by atoms with Gasteiger partial charge in [-0.25, -0.2) is 4.79 Å². The van der Waals surface area contributed by atoms with Crippen LogP contribution >= 0.6 is 0 Å². The molecule has 0 aliphatic carbocycles. The van der Waals surface area contributed by atoms with Crippen molar-refractivity contribution in [1.82, 2.24) is 10.2 Å². The molecule has 4 nitrogen and oxygen atoms in total. The SMILES string of the molecule is CC(C)(C)/C=C/NC(=O)N(CCO)Cc1ccccc1. The van der Waals surface area contributed by atoms with Gasteiger partial charge < -0.3 is 15.3 Å². The molecule has 0 saturated carbocycles. The molecule has 0 fully saturated rings. The Kier molecular flexibility index (Phi) is 6.25. The molecule has 2 amide bonds. The molecule has 110 valence electrons. The number of amides is 2. The number of aliphatic hydroxyl groups is 1.